The Morgan fingerprint density at radius 2 is 1.76 bits per heavy atom. The molecule has 0 atom stereocenters. The van der Waals surface area contributed by atoms with E-state index in [1.807, 2.05) is 57.2 Å². The smallest absolute Gasteiger partial charge is 0.314 e. The maximum absolute atomic E-state index is 12.4. The van der Waals surface area contributed by atoms with Gasteiger partial charge in [0.15, 0.2) is 5.76 Å². The largest absolute Gasteiger partial charge is 0.451 e. The Labute approximate surface area is 123 Å². The zero-order valence-corrected chi connectivity index (χ0v) is 12.3. The standard InChI is InChI=1S/C17H16N2O2/c1-11-4-6-14(7-5-11)15-8-9-16(21-15)17(20)19-13(3)10-12(2)18-19/h4-10H,1-3H3. The van der Waals surface area contributed by atoms with Crippen molar-refractivity contribution in [3.63, 3.8) is 0 Å². The molecule has 3 rings (SSSR count). The number of rotatable bonds is 2. The fourth-order valence-electron chi connectivity index (χ4n) is 2.26. The molecular weight excluding hydrogens is 264 g/mol. The van der Waals surface area contributed by atoms with Crippen molar-refractivity contribution in [2.75, 3.05) is 0 Å². The second-order valence-corrected chi connectivity index (χ2v) is 5.17. The minimum Gasteiger partial charge on any atom is -0.451 e. The average Bonchev–Trinajstić information content (AvgIpc) is 3.06. The Hall–Kier alpha value is -2.62. The van der Waals surface area contributed by atoms with Gasteiger partial charge in [-0.15, -0.1) is 0 Å². The molecule has 21 heavy (non-hydrogen) atoms. The molecule has 2 aromatic heterocycles. The molecule has 2 heterocycles. The fourth-order valence-corrected chi connectivity index (χ4v) is 2.26. The molecule has 0 aliphatic rings. The minimum atomic E-state index is -0.251. The highest BCUT2D eigenvalue weighted by Gasteiger charge is 2.17. The van der Waals surface area contributed by atoms with E-state index in [0.29, 0.717) is 5.76 Å². The summed E-state index contributed by atoms with van der Waals surface area (Å²) in [6.07, 6.45) is 0. The maximum Gasteiger partial charge on any atom is 0.314 e. The Balaban J connectivity index is 1.93. The quantitative estimate of drug-likeness (QED) is 0.718. The van der Waals surface area contributed by atoms with E-state index in [4.69, 9.17) is 4.42 Å². The Kier molecular flexibility index (Phi) is 3.22. The van der Waals surface area contributed by atoms with Gasteiger partial charge in [-0.05, 0) is 39.0 Å². The maximum atomic E-state index is 12.4. The summed E-state index contributed by atoms with van der Waals surface area (Å²) >= 11 is 0. The second-order valence-electron chi connectivity index (χ2n) is 5.17. The molecule has 0 N–H and O–H groups in total. The number of furan rings is 1. The van der Waals surface area contributed by atoms with Crippen molar-refractivity contribution in [1.82, 2.24) is 9.78 Å². The van der Waals surface area contributed by atoms with Gasteiger partial charge in [-0.3, -0.25) is 4.79 Å². The molecule has 0 unspecified atom stereocenters. The summed E-state index contributed by atoms with van der Waals surface area (Å²) in [4.78, 5) is 12.4. The molecule has 3 aromatic rings. The number of hydrogen-bond acceptors (Lipinski definition) is 3. The first kappa shape index (κ1) is 13.4. The van der Waals surface area contributed by atoms with Gasteiger partial charge >= 0.3 is 5.91 Å². The molecule has 106 valence electrons. The van der Waals surface area contributed by atoms with E-state index in [0.717, 1.165) is 17.0 Å². The van der Waals surface area contributed by atoms with Crippen LogP contribution in [0, 0.1) is 20.8 Å². The fraction of sp³-hybridized carbons (Fsp3) is 0.176. The molecule has 0 spiro atoms. The highest BCUT2D eigenvalue weighted by atomic mass is 16.4. The molecule has 0 fully saturated rings. The molecule has 4 heteroatoms. The van der Waals surface area contributed by atoms with Crippen LogP contribution in [0.3, 0.4) is 0 Å². The van der Waals surface area contributed by atoms with Crippen molar-refractivity contribution < 1.29 is 9.21 Å². The van der Waals surface area contributed by atoms with Crippen molar-refractivity contribution >= 4 is 5.91 Å². The topological polar surface area (TPSA) is 48.0 Å². The van der Waals surface area contributed by atoms with Crippen LogP contribution in [-0.4, -0.2) is 15.7 Å². The van der Waals surface area contributed by atoms with Crippen LogP contribution in [0.2, 0.25) is 0 Å². The van der Waals surface area contributed by atoms with Gasteiger partial charge in [-0.25, -0.2) is 0 Å². The number of aryl methyl sites for hydroxylation is 3. The van der Waals surface area contributed by atoms with Gasteiger partial charge in [0.1, 0.15) is 5.76 Å². The van der Waals surface area contributed by atoms with Crippen LogP contribution >= 0.6 is 0 Å². The van der Waals surface area contributed by atoms with Crippen LogP contribution in [0.25, 0.3) is 11.3 Å². The lowest BCUT2D eigenvalue weighted by atomic mass is 10.1. The van der Waals surface area contributed by atoms with Crippen LogP contribution in [0.5, 0.6) is 0 Å². The summed E-state index contributed by atoms with van der Waals surface area (Å²) in [5.74, 6) is 0.718. The summed E-state index contributed by atoms with van der Waals surface area (Å²) in [6.45, 7) is 5.74. The number of carbonyl (C=O) groups excluding carboxylic acids is 1. The number of nitrogens with zero attached hydrogens (tertiary/aromatic N) is 2. The SMILES string of the molecule is Cc1ccc(-c2ccc(C(=O)n3nc(C)cc3C)o2)cc1. The summed E-state index contributed by atoms with van der Waals surface area (Å²) in [5.41, 5.74) is 3.74. The van der Waals surface area contributed by atoms with Crippen LogP contribution in [0.1, 0.15) is 27.5 Å². The summed E-state index contributed by atoms with van der Waals surface area (Å²) in [5, 5.41) is 4.19. The molecule has 0 radical (unpaired) electrons. The number of hydrogen-bond donors (Lipinski definition) is 0. The van der Waals surface area contributed by atoms with Crippen LogP contribution < -0.4 is 0 Å². The van der Waals surface area contributed by atoms with E-state index in [2.05, 4.69) is 5.10 Å². The van der Waals surface area contributed by atoms with E-state index in [9.17, 15) is 4.79 Å². The van der Waals surface area contributed by atoms with Crippen molar-refractivity contribution in [2.24, 2.45) is 0 Å². The lowest BCUT2D eigenvalue weighted by molar-refractivity contribution is 0.0915. The predicted molar refractivity (Wildman–Crippen MR) is 80.3 cm³/mol. The molecule has 0 amide bonds. The molecule has 0 aliphatic carbocycles. The monoisotopic (exact) mass is 280 g/mol. The summed E-state index contributed by atoms with van der Waals surface area (Å²) < 4.78 is 7.05. The van der Waals surface area contributed by atoms with Gasteiger partial charge in [0.2, 0.25) is 0 Å². The first-order chi connectivity index (χ1) is 10.0. The lowest BCUT2D eigenvalue weighted by Gasteiger charge is -2.00. The highest BCUT2D eigenvalue weighted by molar-refractivity contribution is 5.93. The molecule has 0 saturated heterocycles. The van der Waals surface area contributed by atoms with E-state index < -0.39 is 0 Å². The van der Waals surface area contributed by atoms with Gasteiger partial charge < -0.3 is 4.42 Å². The zero-order valence-electron chi connectivity index (χ0n) is 12.3. The van der Waals surface area contributed by atoms with Gasteiger partial charge in [0, 0.05) is 11.3 Å². The van der Waals surface area contributed by atoms with Crippen LogP contribution in [0.15, 0.2) is 46.9 Å². The lowest BCUT2D eigenvalue weighted by Crippen LogP contribution is -2.14. The van der Waals surface area contributed by atoms with Gasteiger partial charge in [-0.1, -0.05) is 29.8 Å². The van der Waals surface area contributed by atoms with E-state index >= 15 is 0 Å². The van der Waals surface area contributed by atoms with Crippen LogP contribution in [-0.2, 0) is 0 Å². The third-order valence-corrected chi connectivity index (χ3v) is 3.35. The third-order valence-electron chi connectivity index (χ3n) is 3.35. The van der Waals surface area contributed by atoms with E-state index in [1.165, 1.54) is 10.2 Å². The Morgan fingerprint density at radius 1 is 1.05 bits per heavy atom. The van der Waals surface area contributed by atoms with E-state index in [1.54, 1.807) is 6.07 Å². The Bertz CT molecular complexity index is 795. The number of carbonyl (C=O) groups is 1. The first-order valence-corrected chi connectivity index (χ1v) is 6.79. The molecule has 0 aliphatic heterocycles. The van der Waals surface area contributed by atoms with Crippen LogP contribution in [0.4, 0.5) is 0 Å². The van der Waals surface area contributed by atoms with Gasteiger partial charge in [0.05, 0.1) is 5.69 Å². The second kappa shape index (κ2) is 5.05. The minimum absolute atomic E-state index is 0.251. The van der Waals surface area contributed by atoms with Crippen molar-refractivity contribution in [2.45, 2.75) is 20.8 Å². The van der Waals surface area contributed by atoms with E-state index in [-0.39, 0.29) is 11.7 Å². The van der Waals surface area contributed by atoms with Crippen molar-refractivity contribution in [1.29, 1.82) is 0 Å². The summed E-state index contributed by atoms with van der Waals surface area (Å²) in [7, 11) is 0. The molecule has 1 aromatic carbocycles. The van der Waals surface area contributed by atoms with Crippen molar-refractivity contribution in [3.8, 4) is 11.3 Å². The number of aromatic nitrogens is 2. The molecule has 0 saturated carbocycles. The van der Waals surface area contributed by atoms with Gasteiger partial charge in [-0.2, -0.15) is 9.78 Å². The molecule has 0 bridgehead atoms. The Morgan fingerprint density at radius 3 is 2.38 bits per heavy atom. The average molecular weight is 280 g/mol. The normalized spacial score (nSPS) is 10.8. The highest BCUT2D eigenvalue weighted by Crippen LogP contribution is 2.23. The molecule has 4 nitrogen and oxygen atoms in total. The van der Waals surface area contributed by atoms with Crippen molar-refractivity contribution in [3.05, 3.63) is 65.2 Å². The summed E-state index contributed by atoms with van der Waals surface area (Å²) in [6, 6.07) is 13.3. The molecular formula is C17H16N2O2. The zero-order chi connectivity index (χ0) is 15.0. The predicted octanol–water partition coefficient (Wildman–Crippen LogP) is 3.76. The third kappa shape index (κ3) is 2.52. The number of benzene rings is 1. The first-order valence-electron chi connectivity index (χ1n) is 6.79. The van der Waals surface area contributed by atoms with Gasteiger partial charge in [0.25, 0.3) is 0 Å².